The first-order valence-electron chi connectivity index (χ1n) is 6.27. The van der Waals surface area contributed by atoms with Crippen LogP contribution in [0.5, 0.6) is 0 Å². The van der Waals surface area contributed by atoms with Crippen molar-refractivity contribution in [1.82, 2.24) is 10.3 Å². The number of nitrogens with zero attached hydrogens (tertiary/aromatic N) is 1. The van der Waals surface area contributed by atoms with Gasteiger partial charge in [-0.3, -0.25) is 14.6 Å². The number of rotatable bonds is 2. The number of fused-ring (bicyclic) bond motifs is 1. The molecule has 20 heavy (non-hydrogen) atoms. The molecule has 2 heterocycles. The zero-order chi connectivity index (χ0) is 14.1. The van der Waals surface area contributed by atoms with E-state index in [1.165, 1.54) is 18.3 Å². The van der Waals surface area contributed by atoms with Crippen molar-refractivity contribution >= 4 is 28.3 Å². The summed E-state index contributed by atoms with van der Waals surface area (Å²) in [5.41, 5.74) is 0.383. The van der Waals surface area contributed by atoms with Crippen LogP contribution in [0.4, 0.5) is 10.1 Å². The van der Waals surface area contributed by atoms with E-state index < -0.39 is 11.9 Å². The van der Waals surface area contributed by atoms with Gasteiger partial charge in [-0.2, -0.15) is 0 Å². The molecule has 0 spiro atoms. The van der Waals surface area contributed by atoms with E-state index in [2.05, 4.69) is 15.6 Å². The molecule has 1 unspecified atom stereocenters. The van der Waals surface area contributed by atoms with E-state index in [9.17, 15) is 14.0 Å². The molecule has 1 fully saturated rings. The van der Waals surface area contributed by atoms with Crippen molar-refractivity contribution in [2.24, 2.45) is 0 Å². The zero-order valence-electron chi connectivity index (χ0n) is 10.5. The van der Waals surface area contributed by atoms with Crippen LogP contribution in [0.25, 0.3) is 10.8 Å². The number of benzene rings is 1. The Balaban J connectivity index is 1.90. The average molecular weight is 273 g/mol. The first-order chi connectivity index (χ1) is 9.63. The second-order valence-corrected chi connectivity index (χ2v) is 4.70. The lowest BCUT2D eigenvalue weighted by atomic mass is 10.1. The van der Waals surface area contributed by atoms with Gasteiger partial charge in [-0.1, -0.05) is 0 Å². The first-order valence-corrected chi connectivity index (χ1v) is 6.27. The number of pyridine rings is 1. The number of hydrogen-bond acceptors (Lipinski definition) is 3. The van der Waals surface area contributed by atoms with E-state index in [1.54, 1.807) is 12.3 Å². The molecule has 5 nitrogen and oxygen atoms in total. The fraction of sp³-hybridized carbons (Fsp3) is 0.214. The predicted octanol–water partition coefficient (Wildman–Crippen LogP) is 1.59. The molecular formula is C14H12FN3O2. The average Bonchev–Trinajstić information content (AvgIpc) is 2.85. The second kappa shape index (κ2) is 4.88. The minimum atomic E-state index is -0.553. The van der Waals surface area contributed by atoms with Crippen LogP contribution in [0.3, 0.4) is 0 Å². The first kappa shape index (κ1) is 12.5. The van der Waals surface area contributed by atoms with Crippen molar-refractivity contribution in [3.8, 4) is 0 Å². The van der Waals surface area contributed by atoms with Gasteiger partial charge in [0.2, 0.25) is 11.8 Å². The van der Waals surface area contributed by atoms with Gasteiger partial charge in [-0.15, -0.1) is 0 Å². The van der Waals surface area contributed by atoms with Crippen LogP contribution in [0.1, 0.15) is 12.8 Å². The Morgan fingerprint density at radius 2 is 2.30 bits per heavy atom. The number of anilines is 1. The molecule has 1 aliphatic rings. The van der Waals surface area contributed by atoms with Crippen LogP contribution in [0.15, 0.2) is 30.6 Å². The Labute approximate surface area is 114 Å². The molecule has 0 radical (unpaired) electrons. The van der Waals surface area contributed by atoms with Gasteiger partial charge >= 0.3 is 0 Å². The normalized spacial score (nSPS) is 18.1. The maximum atomic E-state index is 13.5. The van der Waals surface area contributed by atoms with E-state index >= 15 is 0 Å². The standard InChI is InChI=1S/C14H12FN3O2/c15-9-5-8-7-16-4-3-10(8)12(6-9)18-14(20)11-1-2-13(19)17-11/h3-7,11H,1-2H2,(H,17,19)(H,18,20). The highest BCUT2D eigenvalue weighted by Gasteiger charge is 2.27. The van der Waals surface area contributed by atoms with E-state index in [1.807, 2.05) is 0 Å². The van der Waals surface area contributed by atoms with Gasteiger partial charge in [0.05, 0.1) is 5.69 Å². The number of nitrogens with one attached hydrogen (secondary N) is 2. The molecule has 1 atom stereocenters. The van der Waals surface area contributed by atoms with Gasteiger partial charge in [-0.25, -0.2) is 4.39 Å². The van der Waals surface area contributed by atoms with Gasteiger partial charge in [0.25, 0.3) is 0 Å². The highest BCUT2D eigenvalue weighted by atomic mass is 19.1. The van der Waals surface area contributed by atoms with Gasteiger partial charge in [0.15, 0.2) is 0 Å². The lowest BCUT2D eigenvalue weighted by Crippen LogP contribution is -2.37. The predicted molar refractivity (Wildman–Crippen MR) is 71.5 cm³/mol. The lowest BCUT2D eigenvalue weighted by Gasteiger charge is -2.13. The SMILES string of the molecule is O=C1CCC(C(=O)Nc2cc(F)cc3cnccc23)N1. The summed E-state index contributed by atoms with van der Waals surface area (Å²) in [6.07, 6.45) is 3.91. The van der Waals surface area contributed by atoms with Crippen LogP contribution in [0, 0.1) is 5.82 Å². The topological polar surface area (TPSA) is 71.1 Å². The summed E-state index contributed by atoms with van der Waals surface area (Å²) in [6.45, 7) is 0. The lowest BCUT2D eigenvalue weighted by molar-refractivity contribution is -0.122. The molecule has 1 aromatic heterocycles. The third-order valence-electron chi connectivity index (χ3n) is 3.29. The quantitative estimate of drug-likeness (QED) is 0.873. The summed E-state index contributed by atoms with van der Waals surface area (Å²) in [4.78, 5) is 27.1. The number of halogens is 1. The number of carbonyl (C=O) groups is 2. The molecule has 1 aliphatic heterocycles. The molecule has 2 N–H and O–H groups in total. The molecule has 102 valence electrons. The van der Waals surface area contributed by atoms with Gasteiger partial charge in [-0.05, 0) is 24.6 Å². The minimum Gasteiger partial charge on any atom is -0.344 e. The minimum absolute atomic E-state index is 0.140. The van der Waals surface area contributed by atoms with Crippen molar-refractivity contribution in [3.05, 3.63) is 36.4 Å². The highest BCUT2D eigenvalue weighted by Crippen LogP contribution is 2.24. The van der Waals surface area contributed by atoms with Crippen LogP contribution in [-0.4, -0.2) is 22.8 Å². The van der Waals surface area contributed by atoms with E-state index in [4.69, 9.17) is 0 Å². The molecule has 2 aromatic rings. The number of amides is 2. The summed E-state index contributed by atoms with van der Waals surface area (Å²) in [6, 6.07) is 3.77. The smallest absolute Gasteiger partial charge is 0.246 e. The Bertz CT molecular complexity index is 702. The number of hydrogen-bond donors (Lipinski definition) is 2. The largest absolute Gasteiger partial charge is 0.344 e. The summed E-state index contributed by atoms with van der Waals surface area (Å²) in [7, 11) is 0. The maximum Gasteiger partial charge on any atom is 0.246 e. The Kier molecular flexibility index (Phi) is 3.06. The molecule has 1 aromatic carbocycles. The molecule has 2 amide bonds. The summed E-state index contributed by atoms with van der Waals surface area (Å²) in [5.74, 6) is -0.922. The Morgan fingerprint density at radius 3 is 3.05 bits per heavy atom. The maximum absolute atomic E-state index is 13.5. The van der Waals surface area contributed by atoms with Crippen LogP contribution >= 0.6 is 0 Å². The van der Waals surface area contributed by atoms with Crippen molar-refractivity contribution in [1.29, 1.82) is 0 Å². The third kappa shape index (κ3) is 2.32. The molecule has 0 saturated carbocycles. The Hall–Kier alpha value is -2.50. The number of carbonyl (C=O) groups excluding carboxylic acids is 2. The summed E-state index contributed by atoms with van der Waals surface area (Å²) in [5, 5.41) is 6.56. The van der Waals surface area contributed by atoms with Crippen molar-refractivity contribution < 1.29 is 14.0 Å². The zero-order valence-corrected chi connectivity index (χ0v) is 10.5. The van der Waals surface area contributed by atoms with Gasteiger partial charge < -0.3 is 10.6 Å². The molecule has 1 saturated heterocycles. The Morgan fingerprint density at radius 1 is 1.45 bits per heavy atom. The molecule has 3 rings (SSSR count). The van der Waals surface area contributed by atoms with Crippen LogP contribution in [-0.2, 0) is 9.59 Å². The second-order valence-electron chi connectivity index (χ2n) is 4.70. The van der Waals surface area contributed by atoms with E-state index in [-0.39, 0.29) is 11.8 Å². The molecular weight excluding hydrogens is 261 g/mol. The molecule has 0 aliphatic carbocycles. The summed E-state index contributed by atoms with van der Waals surface area (Å²) < 4.78 is 13.5. The van der Waals surface area contributed by atoms with Gasteiger partial charge in [0.1, 0.15) is 11.9 Å². The van der Waals surface area contributed by atoms with Crippen LogP contribution in [0.2, 0.25) is 0 Å². The molecule has 0 bridgehead atoms. The van der Waals surface area contributed by atoms with Crippen LogP contribution < -0.4 is 10.6 Å². The van der Waals surface area contributed by atoms with Crippen molar-refractivity contribution in [2.45, 2.75) is 18.9 Å². The van der Waals surface area contributed by atoms with E-state index in [0.29, 0.717) is 29.3 Å². The monoisotopic (exact) mass is 273 g/mol. The van der Waals surface area contributed by atoms with Crippen molar-refractivity contribution in [3.63, 3.8) is 0 Å². The fourth-order valence-corrected chi connectivity index (χ4v) is 2.31. The third-order valence-corrected chi connectivity index (χ3v) is 3.29. The fourth-order valence-electron chi connectivity index (χ4n) is 2.31. The highest BCUT2D eigenvalue weighted by molar-refractivity contribution is 6.05. The summed E-state index contributed by atoms with van der Waals surface area (Å²) >= 11 is 0. The van der Waals surface area contributed by atoms with Gasteiger partial charge in [0, 0.05) is 29.6 Å². The van der Waals surface area contributed by atoms with Crippen molar-refractivity contribution in [2.75, 3.05) is 5.32 Å². The molecule has 6 heteroatoms. The van der Waals surface area contributed by atoms with E-state index in [0.717, 1.165) is 0 Å². The number of aromatic nitrogens is 1.